The van der Waals surface area contributed by atoms with Gasteiger partial charge >= 0.3 is 12.3 Å². The average molecular weight is 523 g/mol. The van der Waals surface area contributed by atoms with Crippen molar-refractivity contribution < 1.29 is 42.7 Å². The Kier molecular flexibility index (Phi) is 7.26. The topological polar surface area (TPSA) is 146 Å². The van der Waals surface area contributed by atoms with Crippen LogP contribution < -0.4 is 10.5 Å². The number of fused-ring (bicyclic) bond motifs is 1. The minimum atomic E-state index is -4.60. The van der Waals surface area contributed by atoms with Crippen molar-refractivity contribution in [2.75, 3.05) is 37.9 Å². The first-order valence-electron chi connectivity index (χ1n) is 11.2. The first-order chi connectivity index (χ1) is 17.4. The molecule has 198 valence electrons. The molecule has 3 atom stereocenters. The second-order valence-electron chi connectivity index (χ2n) is 8.84. The predicted octanol–water partition coefficient (Wildman–Crippen LogP) is 2.72. The summed E-state index contributed by atoms with van der Waals surface area (Å²) in [5.74, 6) is 0. The molecule has 4 N–H and O–H groups in total. The molecule has 1 amide bonds. The van der Waals surface area contributed by atoms with E-state index in [1.54, 1.807) is 17.0 Å². The molecule has 0 aliphatic carbocycles. The number of alkyl halides is 3. The summed E-state index contributed by atoms with van der Waals surface area (Å²) in [5.41, 5.74) is -1.08. The van der Waals surface area contributed by atoms with Crippen molar-refractivity contribution in [3.63, 3.8) is 0 Å². The quantitative estimate of drug-likeness (QED) is 0.273. The summed E-state index contributed by atoms with van der Waals surface area (Å²) in [7, 11) is 0. The number of hydrogen-bond acceptors (Lipinski definition) is 7. The van der Waals surface area contributed by atoms with Crippen molar-refractivity contribution in [3.05, 3.63) is 69.7 Å². The van der Waals surface area contributed by atoms with E-state index >= 15 is 0 Å². The number of aromatic amines is 1. The summed E-state index contributed by atoms with van der Waals surface area (Å²) < 4.78 is 44.1. The van der Waals surface area contributed by atoms with Gasteiger partial charge in [-0.1, -0.05) is 24.3 Å². The van der Waals surface area contributed by atoms with Gasteiger partial charge in [-0.15, -0.1) is 0 Å². The van der Waals surface area contributed by atoms with Crippen LogP contribution in [0.25, 0.3) is 22.0 Å². The number of aliphatic hydroxyl groups is 2. The molecule has 0 spiro atoms. The number of aromatic nitrogens is 1. The fraction of sp³-hybridized carbons (Fsp3) is 0.333. The molecular formula is C24H24F3N3O7. The SMILES string of the molecule is O=C(O)[N+]([O-])(CC(O)CO)CC1CN(c2ccc3cc(-c4ccccc4C(F)(F)F)[nH]c(=O)c3c2)CO1. The molecule has 4 rings (SSSR count). The Balaban J connectivity index is 1.57. The van der Waals surface area contributed by atoms with E-state index in [2.05, 4.69) is 4.98 Å². The monoisotopic (exact) mass is 523 g/mol. The van der Waals surface area contributed by atoms with Gasteiger partial charge in [-0.25, -0.2) is 0 Å². The van der Waals surface area contributed by atoms with Gasteiger partial charge in [-0.2, -0.15) is 18.0 Å². The molecule has 3 unspecified atom stereocenters. The molecule has 2 heterocycles. The van der Waals surface area contributed by atoms with Gasteiger partial charge in [0.25, 0.3) is 5.56 Å². The van der Waals surface area contributed by atoms with Crippen molar-refractivity contribution in [1.82, 2.24) is 4.98 Å². The van der Waals surface area contributed by atoms with Crippen molar-refractivity contribution in [2.24, 2.45) is 0 Å². The highest BCUT2D eigenvalue weighted by molar-refractivity contribution is 5.88. The largest absolute Gasteiger partial charge is 0.622 e. The molecule has 2 aromatic carbocycles. The lowest BCUT2D eigenvalue weighted by molar-refractivity contribution is -0.814. The number of hydroxylamine groups is 3. The molecule has 13 heteroatoms. The van der Waals surface area contributed by atoms with Gasteiger partial charge in [0.1, 0.15) is 32.0 Å². The third-order valence-corrected chi connectivity index (χ3v) is 6.17. The number of amides is 1. The fourth-order valence-corrected chi connectivity index (χ4v) is 4.35. The van der Waals surface area contributed by atoms with Crippen LogP contribution >= 0.6 is 0 Å². The average Bonchev–Trinajstić information content (AvgIpc) is 3.31. The van der Waals surface area contributed by atoms with Gasteiger partial charge < -0.3 is 35.1 Å². The van der Waals surface area contributed by atoms with Crippen molar-refractivity contribution in [3.8, 4) is 11.3 Å². The number of nitrogens with one attached hydrogen (secondary N) is 1. The number of pyridine rings is 1. The molecule has 3 aromatic rings. The second kappa shape index (κ2) is 10.1. The minimum Gasteiger partial charge on any atom is -0.622 e. The minimum absolute atomic E-state index is 0.00665. The number of benzene rings is 2. The van der Waals surface area contributed by atoms with Crippen molar-refractivity contribution in [1.29, 1.82) is 0 Å². The fourth-order valence-electron chi connectivity index (χ4n) is 4.35. The number of H-pyrrole nitrogens is 1. The molecule has 0 bridgehead atoms. The highest BCUT2D eigenvalue weighted by atomic mass is 19.4. The zero-order chi connectivity index (χ0) is 27.0. The third kappa shape index (κ3) is 5.60. The smallest absolute Gasteiger partial charge is 0.513 e. The van der Waals surface area contributed by atoms with Crippen LogP contribution in [0.2, 0.25) is 0 Å². The lowest BCUT2D eigenvalue weighted by atomic mass is 10.0. The standard InChI is InChI=1S/C24H24F3N3O7/c25-24(26,27)20-4-2-1-3-18(20)21-7-14-5-6-15(8-19(14)22(33)28-21)29-9-17(37-13-29)11-30(36,23(34)35)10-16(32)12-31/h1-8,16-17,31-32H,9-13H2,(H,28,33)(H,34,35). The summed E-state index contributed by atoms with van der Waals surface area (Å²) in [6.07, 6.45) is -8.65. The number of hydrogen-bond donors (Lipinski definition) is 4. The maximum absolute atomic E-state index is 13.4. The lowest BCUT2D eigenvalue weighted by Crippen LogP contribution is -2.55. The zero-order valence-electron chi connectivity index (χ0n) is 19.3. The Hall–Kier alpha value is -3.49. The molecule has 1 saturated heterocycles. The molecule has 1 fully saturated rings. The number of halogens is 3. The molecule has 1 aliphatic rings. The van der Waals surface area contributed by atoms with E-state index in [1.807, 2.05) is 0 Å². The van der Waals surface area contributed by atoms with Gasteiger partial charge in [0.15, 0.2) is 0 Å². The molecule has 0 saturated carbocycles. The van der Waals surface area contributed by atoms with E-state index in [0.29, 0.717) is 11.1 Å². The van der Waals surface area contributed by atoms with Crippen molar-refractivity contribution >= 4 is 22.6 Å². The number of ether oxygens (including phenoxy) is 1. The number of rotatable bonds is 7. The van der Waals surface area contributed by atoms with Gasteiger partial charge in [-0.05, 0) is 29.7 Å². The first kappa shape index (κ1) is 26.6. The van der Waals surface area contributed by atoms with Crippen LogP contribution in [0.3, 0.4) is 0 Å². The Morgan fingerprint density at radius 3 is 2.65 bits per heavy atom. The van der Waals surface area contributed by atoms with Gasteiger partial charge in [0, 0.05) is 22.3 Å². The maximum atomic E-state index is 13.4. The van der Waals surface area contributed by atoms with E-state index in [9.17, 15) is 38.2 Å². The van der Waals surface area contributed by atoms with Gasteiger partial charge in [0.05, 0.1) is 18.7 Å². The van der Waals surface area contributed by atoms with E-state index in [1.165, 1.54) is 30.3 Å². The molecule has 0 radical (unpaired) electrons. The summed E-state index contributed by atoms with van der Waals surface area (Å²) >= 11 is 0. The lowest BCUT2D eigenvalue weighted by Gasteiger charge is -2.38. The summed E-state index contributed by atoms with van der Waals surface area (Å²) in [6, 6.07) is 11.1. The van der Waals surface area contributed by atoms with E-state index in [0.717, 1.165) is 6.07 Å². The van der Waals surface area contributed by atoms with Crippen LogP contribution in [-0.4, -0.2) is 76.2 Å². The van der Waals surface area contributed by atoms with Crippen LogP contribution in [-0.2, 0) is 10.9 Å². The molecule has 1 aliphatic heterocycles. The molecule has 10 nitrogen and oxygen atoms in total. The Morgan fingerprint density at radius 1 is 1.24 bits per heavy atom. The van der Waals surface area contributed by atoms with Crippen molar-refractivity contribution in [2.45, 2.75) is 18.4 Å². The number of anilines is 1. The first-order valence-corrected chi connectivity index (χ1v) is 11.2. The Labute approximate surface area is 207 Å². The third-order valence-electron chi connectivity index (χ3n) is 6.17. The second-order valence-corrected chi connectivity index (χ2v) is 8.84. The van der Waals surface area contributed by atoms with Crippen LogP contribution in [0, 0.1) is 5.21 Å². The van der Waals surface area contributed by atoms with Gasteiger partial charge in [0.2, 0.25) is 0 Å². The highest BCUT2D eigenvalue weighted by Crippen LogP contribution is 2.36. The summed E-state index contributed by atoms with van der Waals surface area (Å²) in [5, 5.41) is 41.2. The summed E-state index contributed by atoms with van der Waals surface area (Å²) in [6.45, 7) is -1.92. The number of carbonyl (C=O) groups is 1. The Bertz CT molecular complexity index is 1360. The molecular weight excluding hydrogens is 499 g/mol. The van der Waals surface area contributed by atoms with E-state index in [4.69, 9.17) is 9.84 Å². The number of quaternary nitrogens is 1. The molecule has 1 aromatic heterocycles. The highest BCUT2D eigenvalue weighted by Gasteiger charge is 2.37. The molecule has 37 heavy (non-hydrogen) atoms. The van der Waals surface area contributed by atoms with Crippen LogP contribution in [0.4, 0.5) is 23.7 Å². The van der Waals surface area contributed by atoms with Gasteiger partial charge in [-0.3, -0.25) is 9.44 Å². The van der Waals surface area contributed by atoms with E-state index < -0.39 is 59.9 Å². The maximum Gasteiger partial charge on any atom is 0.513 e. The predicted molar refractivity (Wildman–Crippen MR) is 127 cm³/mol. The number of aliphatic hydroxyl groups excluding tert-OH is 2. The van der Waals surface area contributed by atoms with Crippen LogP contribution in [0.5, 0.6) is 0 Å². The summed E-state index contributed by atoms with van der Waals surface area (Å²) in [4.78, 5) is 28.5. The Morgan fingerprint density at radius 2 is 1.97 bits per heavy atom. The number of carboxylic acid groups (broad SMARTS) is 1. The van der Waals surface area contributed by atoms with E-state index in [-0.39, 0.29) is 29.9 Å². The number of nitrogens with zero attached hydrogens (tertiary/aromatic N) is 2. The normalized spacial score (nSPS) is 18.6. The zero-order valence-corrected chi connectivity index (χ0v) is 19.3. The van der Waals surface area contributed by atoms with Crippen LogP contribution in [0.15, 0.2) is 53.3 Å². The van der Waals surface area contributed by atoms with Crippen LogP contribution in [0.1, 0.15) is 5.56 Å².